The lowest BCUT2D eigenvalue weighted by Crippen LogP contribution is -3.09. The number of halogens is 1. The third-order valence-corrected chi connectivity index (χ3v) is 5.50. The van der Waals surface area contributed by atoms with Gasteiger partial charge in [-0.05, 0) is 36.4 Å². The summed E-state index contributed by atoms with van der Waals surface area (Å²) in [6.07, 6.45) is 2.24. The molecule has 2 atom stereocenters. The van der Waals surface area contributed by atoms with Gasteiger partial charge in [-0.25, -0.2) is 0 Å². The second-order valence-corrected chi connectivity index (χ2v) is 7.34. The number of nitrogens with one attached hydrogen (secondary N) is 1. The van der Waals surface area contributed by atoms with Crippen LogP contribution >= 0.6 is 11.6 Å². The Morgan fingerprint density at radius 3 is 2.71 bits per heavy atom. The minimum Gasteiger partial charge on any atom is -0.497 e. The van der Waals surface area contributed by atoms with Crippen molar-refractivity contribution in [3.05, 3.63) is 58.9 Å². The average Bonchev–Trinajstić information content (AvgIpc) is 3.38. The molecule has 146 valence electrons. The molecule has 1 unspecified atom stereocenters. The SMILES string of the molecule is COc1ccc([C@H]2CCC[NH+]2Cc2nc(-c3ccc(Cl)cc3)no2)c(OC)c1. The molecule has 0 amide bonds. The van der Waals surface area contributed by atoms with E-state index < -0.39 is 0 Å². The van der Waals surface area contributed by atoms with E-state index >= 15 is 0 Å². The number of aromatic nitrogens is 2. The molecule has 1 fully saturated rings. The quantitative estimate of drug-likeness (QED) is 0.687. The Hall–Kier alpha value is -2.57. The van der Waals surface area contributed by atoms with E-state index in [1.807, 2.05) is 36.4 Å². The normalized spacial score (nSPS) is 19.0. The maximum atomic E-state index is 5.95. The number of benzene rings is 2. The Morgan fingerprint density at radius 2 is 1.96 bits per heavy atom. The standard InChI is InChI=1S/C21H22ClN3O3/c1-26-16-9-10-17(19(12-16)27-2)18-4-3-11-25(18)13-20-23-21(24-28-20)14-5-7-15(22)8-6-14/h5-10,12,18H,3-4,11,13H2,1-2H3/p+1/t18-/m1/s1. The number of hydrogen-bond acceptors (Lipinski definition) is 5. The molecule has 3 aromatic rings. The molecule has 4 rings (SSSR count). The highest BCUT2D eigenvalue weighted by Gasteiger charge is 2.33. The number of quaternary nitrogens is 1. The molecular formula is C21H23ClN3O3+. The van der Waals surface area contributed by atoms with Gasteiger partial charge in [0.15, 0.2) is 6.54 Å². The summed E-state index contributed by atoms with van der Waals surface area (Å²) in [5, 5.41) is 4.81. The van der Waals surface area contributed by atoms with Crippen LogP contribution in [0.1, 0.15) is 30.3 Å². The Morgan fingerprint density at radius 1 is 1.14 bits per heavy atom. The second-order valence-electron chi connectivity index (χ2n) is 6.91. The second kappa shape index (κ2) is 8.20. The molecule has 0 saturated carbocycles. The van der Waals surface area contributed by atoms with Crippen molar-refractivity contribution in [1.82, 2.24) is 10.1 Å². The van der Waals surface area contributed by atoms with Crippen molar-refractivity contribution in [2.24, 2.45) is 0 Å². The van der Waals surface area contributed by atoms with Crippen molar-refractivity contribution in [2.45, 2.75) is 25.4 Å². The van der Waals surface area contributed by atoms with Gasteiger partial charge in [-0.1, -0.05) is 16.8 Å². The Balaban J connectivity index is 1.53. The Labute approximate surface area is 169 Å². The smallest absolute Gasteiger partial charge is 0.282 e. The summed E-state index contributed by atoms with van der Waals surface area (Å²) in [5.74, 6) is 2.88. The molecule has 0 aliphatic carbocycles. The van der Waals surface area contributed by atoms with E-state index in [4.69, 9.17) is 25.6 Å². The van der Waals surface area contributed by atoms with E-state index in [1.54, 1.807) is 14.2 Å². The topological polar surface area (TPSA) is 61.8 Å². The van der Waals surface area contributed by atoms with Crippen LogP contribution in [0.3, 0.4) is 0 Å². The summed E-state index contributed by atoms with van der Waals surface area (Å²) in [6, 6.07) is 13.8. The fourth-order valence-corrected chi connectivity index (χ4v) is 3.97. The highest BCUT2D eigenvalue weighted by atomic mass is 35.5. The van der Waals surface area contributed by atoms with Crippen molar-refractivity contribution >= 4 is 11.6 Å². The van der Waals surface area contributed by atoms with Crippen molar-refractivity contribution in [2.75, 3.05) is 20.8 Å². The van der Waals surface area contributed by atoms with E-state index in [0.717, 1.165) is 36.4 Å². The maximum Gasteiger partial charge on any atom is 0.282 e. The summed E-state index contributed by atoms with van der Waals surface area (Å²) in [4.78, 5) is 5.98. The molecule has 0 spiro atoms. The Kier molecular flexibility index (Phi) is 5.50. The van der Waals surface area contributed by atoms with Crippen LogP contribution < -0.4 is 14.4 Å². The van der Waals surface area contributed by atoms with Crippen LogP contribution in [0.5, 0.6) is 11.5 Å². The molecule has 1 aliphatic heterocycles. The van der Waals surface area contributed by atoms with E-state index in [0.29, 0.717) is 29.3 Å². The van der Waals surface area contributed by atoms with Gasteiger partial charge in [0.05, 0.1) is 26.3 Å². The lowest BCUT2D eigenvalue weighted by molar-refractivity contribution is -0.933. The predicted molar refractivity (Wildman–Crippen MR) is 106 cm³/mol. The number of methoxy groups -OCH3 is 2. The lowest BCUT2D eigenvalue weighted by atomic mass is 10.0. The molecule has 1 aromatic heterocycles. The zero-order valence-electron chi connectivity index (χ0n) is 15.9. The van der Waals surface area contributed by atoms with Gasteiger partial charge in [0.25, 0.3) is 5.89 Å². The van der Waals surface area contributed by atoms with Crippen molar-refractivity contribution in [3.63, 3.8) is 0 Å². The van der Waals surface area contributed by atoms with E-state index in [1.165, 1.54) is 10.5 Å². The minimum absolute atomic E-state index is 0.326. The number of nitrogens with zero attached hydrogens (tertiary/aromatic N) is 2. The molecule has 0 bridgehead atoms. The molecule has 6 nitrogen and oxygen atoms in total. The van der Waals surface area contributed by atoms with Gasteiger partial charge in [-0.3, -0.25) is 0 Å². The fraction of sp³-hybridized carbons (Fsp3) is 0.333. The largest absolute Gasteiger partial charge is 0.497 e. The monoisotopic (exact) mass is 400 g/mol. The van der Waals surface area contributed by atoms with Crippen LogP contribution in [-0.2, 0) is 6.54 Å². The molecule has 1 saturated heterocycles. The summed E-state index contributed by atoms with van der Waals surface area (Å²) in [7, 11) is 3.36. The van der Waals surface area contributed by atoms with Crippen LogP contribution in [0.4, 0.5) is 0 Å². The van der Waals surface area contributed by atoms with Crippen LogP contribution in [-0.4, -0.2) is 30.9 Å². The van der Waals surface area contributed by atoms with Crippen LogP contribution in [0.25, 0.3) is 11.4 Å². The van der Waals surface area contributed by atoms with Crippen molar-refractivity contribution < 1.29 is 18.9 Å². The van der Waals surface area contributed by atoms with Crippen LogP contribution in [0.2, 0.25) is 5.02 Å². The molecular weight excluding hydrogens is 378 g/mol. The Bertz CT molecular complexity index is 942. The number of ether oxygens (including phenoxy) is 2. The highest BCUT2D eigenvalue weighted by Crippen LogP contribution is 2.32. The number of hydrogen-bond donors (Lipinski definition) is 1. The molecule has 1 N–H and O–H groups in total. The van der Waals surface area contributed by atoms with Gasteiger partial charge in [0, 0.05) is 29.5 Å². The molecule has 0 radical (unpaired) electrons. The van der Waals surface area contributed by atoms with Crippen molar-refractivity contribution in [3.8, 4) is 22.9 Å². The van der Waals surface area contributed by atoms with Gasteiger partial charge in [0.2, 0.25) is 5.82 Å². The zero-order valence-corrected chi connectivity index (χ0v) is 16.7. The summed E-state index contributed by atoms with van der Waals surface area (Å²) in [6.45, 7) is 1.74. The maximum absolute atomic E-state index is 5.95. The van der Waals surface area contributed by atoms with E-state index in [9.17, 15) is 0 Å². The van der Waals surface area contributed by atoms with E-state index in [2.05, 4.69) is 16.2 Å². The fourth-order valence-electron chi connectivity index (χ4n) is 3.84. The molecule has 7 heteroatoms. The van der Waals surface area contributed by atoms with Gasteiger partial charge in [-0.15, -0.1) is 0 Å². The molecule has 1 aliphatic rings. The van der Waals surface area contributed by atoms with E-state index in [-0.39, 0.29) is 0 Å². The van der Waals surface area contributed by atoms with Gasteiger partial charge < -0.3 is 18.9 Å². The lowest BCUT2D eigenvalue weighted by Gasteiger charge is -2.22. The average molecular weight is 401 g/mol. The highest BCUT2D eigenvalue weighted by molar-refractivity contribution is 6.30. The number of rotatable bonds is 6. The molecule has 28 heavy (non-hydrogen) atoms. The van der Waals surface area contributed by atoms with Crippen molar-refractivity contribution in [1.29, 1.82) is 0 Å². The summed E-state index contributed by atoms with van der Waals surface area (Å²) < 4.78 is 16.5. The predicted octanol–water partition coefficient (Wildman–Crippen LogP) is 3.33. The third-order valence-electron chi connectivity index (χ3n) is 5.25. The zero-order chi connectivity index (χ0) is 19.5. The molecule has 2 aromatic carbocycles. The van der Waals surface area contributed by atoms with Gasteiger partial charge in [0.1, 0.15) is 17.5 Å². The first-order valence-corrected chi connectivity index (χ1v) is 9.70. The molecule has 2 heterocycles. The summed E-state index contributed by atoms with van der Waals surface area (Å²) >= 11 is 5.95. The first kappa shape index (κ1) is 18.8. The minimum atomic E-state index is 0.326. The summed E-state index contributed by atoms with van der Waals surface area (Å²) in [5.41, 5.74) is 2.08. The third kappa shape index (κ3) is 3.84. The van der Waals surface area contributed by atoms with Crippen LogP contribution in [0, 0.1) is 0 Å². The number of likely N-dealkylation sites (tertiary alicyclic amines) is 1. The van der Waals surface area contributed by atoms with Gasteiger partial charge >= 0.3 is 0 Å². The first-order valence-electron chi connectivity index (χ1n) is 9.33. The van der Waals surface area contributed by atoms with Crippen LogP contribution in [0.15, 0.2) is 47.0 Å². The first-order chi connectivity index (χ1) is 13.7. The van der Waals surface area contributed by atoms with Gasteiger partial charge in [-0.2, -0.15) is 4.98 Å².